The van der Waals surface area contributed by atoms with Gasteiger partial charge in [-0.05, 0) is 37.3 Å². The van der Waals surface area contributed by atoms with Crippen molar-refractivity contribution < 1.29 is 9.47 Å². The molecule has 1 aromatic rings. The van der Waals surface area contributed by atoms with Gasteiger partial charge in [-0.2, -0.15) is 0 Å². The molecular weight excluding hydrogens is 250 g/mol. The Hall–Kier alpha value is -1.22. The van der Waals surface area contributed by atoms with Gasteiger partial charge in [-0.25, -0.2) is 0 Å². The summed E-state index contributed by atoms with van der Waals surface area (Å²) >= 11 is 0. The maximum atomic E-state index is 5.65. The van der Waals surface area contributed by atoms with E-state index in [-0.39, 0.29) is 0 Å². The Morgan fingerprint density at radius 3 is 2.90 bits per heavy atom. The zero-order valence-corrected chi connectivity index (χ0v) is 12.7. The van der Waals surface area contributed by atoms with Crippen LogP contribution in [0.15, 0.2) is 24.3 Å². The first kappa shape index (κ1) is 15.2. The van der Waals surface area contributed by atoms with Crippen LogP contribution in [0.3, 0.4) is 0 Å². The van der Waals surface area contributed by atoms with Crippen molar-refractivity contribution in [1.29, 1.82) is 0 Å². The van der Waals surface area contributed by atoms with Crippen LogP contribution in [0.25, 0.3) is 0 Å². The summed E-state index contributed by atoms with van der Waals surface area (Å²) in [4.78, 5) is 0. The van der Waals surface area contributed by atoms with Crippen LogP contribution in [0.4, 0.5) is 5.69 Å². The lowest BCUT2D eigenvalue weighted by Gasteiger charge is -2.18. The zero-order valence-electron chi connectivity index (χ0n) is 12.7. The van der Waals surface area contributed by atoms with Gasteiger partial charge in [0.25, 0.3) is 0 Å². The number of nitrogens with one attached hydrogen (secondary N) is 1. The Balaban J connectivity index is 1.86. The molecule has 0 amide bonds. The van der Waals surface area contributed by atoms with Crippen LogP contribution >= 0.6 is 0 Å². The topological polar surface area (TPSA) is 30.5 Å². The van der Waals surface area contributed by atoms with Gasteiger partial charge in [0.15, 0.2) is 0 Å². The van der Waals surface area contributed by atoms with Gasteiger partial charge < -0.3 is 14.8 Å². The minimum atomic E-state index is 0.598. The Labute approximate surface area is 122 Å². The Morgan fingerprint density at radius 2 is 2.05 bits per heavy atom. The van der Waals surface area contributed by atoms with E-state index < -0.39 is 0 Å². The highest BCUT2D eigenvalue weighted by Gasteiger charge is 2.15. The van der Waals surface area contributed by atoms with Crippen molar-refractivity contribution >= 4 is 5.69 Å². The molecule has 0 saturated heterocycles. The summed E-state index contributed by atoms with van der Waals surface area (Å²) in [6.45, 7) is 3.59. The third kappa shape index (κ3) is 5.04. The van der Waals surface area contributed by atoms with E-state index in [0.29, 0.717) is 19.3 Å². The van der Waals surface area contributed by atoms with Crippen LogP contribution in [0.1, 0.15) is 39.0 Å². The molecule has 20 heavy (non-hydrogen) atoms. The van der Waals surface area contributed by atoms with Crippen LogP contribution in [-0.2, 0) is 4.74 Å². The van der Waals surface area contributed by atoms with E-state index in [0.717, 1.165) is 11.7 Å². The fourth-order valence-electron chi connectivity index (χ4n) is 2.79. The molecule has 1 saturated carbocycles. The second kappa shape index (κ2) is 8.15. The first-order chi connectivity index (χ1) is 9.78. The quantitative estimate of drug-likeness (QED) is 0.627. The van der Waals surface area contributed by atoms with Crippen LogP contribution in [0, 0.1) is 5.92 Å². The molecule has 0 radical (unpaired) electrons. The highest BCUT2D eigenvalue weighted by Crippen LogP contribution is 2.26. The van der Waals surface area contributed by atoms with E-state index in [1.54, 1.807) is 7.11 Å². The van der Waals surface area contributed by atoms with Crippen molar-refractivity contribution in [2.75, 3.05) is 25.6 Å². The summed E-state index contributed by atoms with van der Waals surface area (Å²) in [5.41, 5.74) is 1.17. The monoisotopic (exact) mass is 277 g/mol. The van der Waals surface area contributed by atoms with E-state index in [4.69, 9.17) is 9.47 Å². The number of methoxy groups -OCH3 is 1. The van der Waals surface area contributed by atoms with Gasteiger partial charge in [-0.1, -0.05) is 25.8 Å². The van der Waals surface area contributed by atoms with Gasteiger partial charge in [-0.15, -0.1) is 0 Å². The summed E-state index contributed by atoms with van der Waals surface area (Å²) in [6, 6.07) is 8.86. The van der Waals surface area contributed by atoms with E-state index in [1.165, 1.54) is 37.8 Å². The first-order valence-electron chi connectivity index (χ1n) is 7.76. The lowest BCUT2D eigenvalue weighted by molar-refractivity contribution is 0.146. The highest BCUT2D eigenvalue weighted by atomic mass is 16.5. The van der Waals surface area contributed by atoms with Gasteiger partial charge in [0, 0.05) is 24.9 Å². The maximum absolute atomic E-state index is 5.65. The van der Waals surface area contributed by atoms with Crippen LogP contribution in [0.5, 0.6) is 5.75 Å². The predicted octanol–water partition coefficient (Wildman–Crippen LogP) is 4.09. The molecule has 2 unspecified atom stereocenters. The first-order valence-corrected chi connectivity index (χ1v) is 7.76. The van der Waals surface area contributed by atoms with Gasteiger partial charge >= 0.3 is 0 Å². The van der Waals surface area contributed by atoms with E-state index in [2.05, 4.69) is 24.4 Å². The number of anilines is 1. The fraction of sp³-hybridized carbons (Fsp3) is 0.647. The number of hydrogen-bond acceptors (Lipinski definition) is 3. The summed E-state index contributed by atoms with van der Waals surface area (Å²) in [5.74, 6) is 1.79. The molecule has 1 aromatic carbocycles. The molecule has 1 aliphatic carbocycles. The van der Waals surface area contributed by atoms with Gasteiger partial charge in [0.1, 0.15) is 12.4 Å². The minimum Gasteiger partial charge on any atom is -0.491 e. The average Bonchev–Trinajstić information content (AvgIpc) is 2.65. The summed E-state index contributed by atoms with van der Waals surface area (Å²) in [6.07, 6.45) is 6.60. The SMILES string of the molecule is COCCOc1cccc(NC2CCCC(C)CC2)c1. The Bertz CT molecular complexity index is 394. The molecule has 3 heteroatoms. The molecule has 1 N–H and O–H groups in total. The number of ether oxygens (including phenoxy) is 2. The molecule has 0 heterocycles. The molecule has 3 nitrogen and oxygen atoms in total. The third-order valence-electron chi connectivity index (χ3n) is 4.02. The second-order valence-electron chi connectivity index (χ2n) is 5.82. The standard InChI is InChI=1S/C17H27NO2/c1-14-5-3-6-15(10-9-14)18-16-7-4-8-17(13-16)20-12-11-19-2/h4,7-8,13-15,18H,3,5-6,9-12H2,1-2H3. The fourth-order valence-corrected chi connectivity index (χ4v) is 2.79. The zero-order chi connectivity index (χ0) is 14.2. The van der Waals surface area contributed by atoms with Crippen molar-refractivity contribution in [3.05, 3.63) is 24.3 Å². The molecule has 2 atom stereocenters. The second-order valence-corrected chi connectivity index (χ2v) is 5.82. The van der Waals surface area contributed by atoms with Crippen molar-refractivity contribution in [3.8, 4) is 5.75 Å². The number of benzene rings is 1. The molecule has 0 aliphatic heterocycles. The average molecular weight is 277 g/mol. The number of hydrogen-bond donors (Lipinski definition) is 1. The van der Waals surface area contributed by atoms with E-state index in [1.807, 2.05) is 12.1 Å². The highest BCUT2D eigenvalue weighted by molar-refractivity contribution is 5.48. The van der Waals surface area contributed by atoms with Gasteiger partial charge in [0.05, 0.1) is 6.61 Å². The summed E-state index contributed by atoms with van der Waals surface area (Å²) in [5, 5.41) is 3.66. The molecule has 0 spiro atoms. The van der Waals surface area contributed by atoms with Gasteiger partial charge in [0.2, 0.25) is 0 Å². The lowest BCUT2D eigenvalue weighted by atomic mass is 10.0. The van der Waals surface area contributed by atoms with Crippen molar-refractivity contribution in [3.63, 3.8) is 0 Å². The molecule has 2 rings (SSSR count). The summed E-state index contributed by atoms with van der Waals surface area (Å²) < 4.78 is 10.7. The largest absolute Gasteiger partial charge is 0.491 e. The molecule has 0 bridgehead atoms. The van der Waals surface area contributed by atoms with Crippen molar-refractivity contribution in [1.82, 2.24) is 0 Å². The summed E-state index contributed by atoms with van der Waals surface area (Å²) in [7, 11) is 1.69. The van der Waals surface area contributed by atoms with E-state index >= 15 is 0 Å². The molecule has 0 aromatic heterocycles. The molecular formula is C17H27NO2. The van der Waals surface area contributed by atoms with Crippen molar-refractivity contribution in [2.45, 2.75) is 45.1 Å². The van der Waals surface area contributed by atoms with Gasteiger partial charge in [-0.3, -0.25) is 0 Å². The molecule has 112 valence electrons. The maximum Gasteiger partial charge on any atom is 0.121 e. The smallest absolute Gasteiger partial charge is 0.121 e. The molecule has 1 fully saturated rings. The van der Waals surface area contributed by atoms with Crippen LogP contribution in [0.2, 0.25) is 0 Å². The van der Waals surface area contributed by atoms with Crippen molar-refractivity contribution in [2.24, 2.45) is 5.92 Å². The number of rotatable bonds is 6. The normalized spacial score (nSPS) is 23.1. The Morgan fingerprint density at radius 1 is 1.15 bits per heavy atom. The van der Waals surface area contributed by atoms with Crippen LogP contribution < -0.4 is 10.1 Å². The minimum absolute atomic E-state index is 0.598. The Kier molecular flexibility index (Phi) is 6.19. The van der Waals surface area contributed by atoms with E-state index in [9.17, 15) is 0 Å². The molecule has 1 aliphatic rings. The van der Waals surface area contributed by atoms with Crippen LogP contribution in [-0.4, -0.2) is 26.4 Å². The lowest BCUT2D eigenvalue weighted by Crippen LogP contribution is -2.18. The third-order valence-corrected chi connectivity index (χ3v) is 4.02. The predicted molar refractivity (Wildman–Crippen MR) is 83.5 cm³/mol.